The van der Waals surface area contributed by atoms with E-state index in [1.54, 1.807) is 30.3 Å². The lowest BCUT2D eigenvalue weighted by Crippen LogP contribution is -2.51. The number of amides is 3. The lowest BCUT2D eigenvalue weighted by molar-refractivity contribution is -0.136. The average molecular weight is 527 g/mol. The van der Waals surface area contributed by atoms with Gasteiger partial charge in [-0.05, 0) is 30.5 Å². The summed E-state index contributed by atoms with van der Waals surface area (Å²) in [7, 11) is 0. The van der Waals surface area contributed by atoms with Crippen molar-refractivity contribution in [3.05, 3.63) is 77.5 Å². The van der Waals surface area contributed by atoms with Gasteiger partial charge in [0, 0.05) is 24.3 Å². The zero-order chi connectivity index (χ0) is 27.3. The molecular formula is C27H25F3N4O4. The van der Waals surface area contributed by atoms with E-state index in [1.807, 2.05) is 0 Å². The second-order valence-electron chi connectivity index (χ2n) is 9.05. The molecule has 0 aliphatic carbocycles. The molecule has 1 fully saturated rings. The highest BCUT2D eigenvalue weighted by Crippen LogP contribution is 2.34. The first-order valence-electron chi connectivity index (χ1n) is 12.0. The summed E-state index contributed by atoms with van der Waals surface area (Å²) in [6, 6.07) is 12.7. The Kier molecular flexibility index (Phi) is 8.04. The van der Waals surface area contributed by atoms with Crippen LogP contribution in [0.15, 0.2) is 60.7 Å². The van der Waals surface area contributed by atoms with Gasteiger partial charge in [0.05, 0.1) is 17.1 Å². The molecule has 3 N–H and O–H groups in total. The van der Waals surface area contributed by atoms with Crippen LogP contribution in [0.1, 0.15) is 34.5 Å². The van der Waals surface area contributed by atoms with Crippen LogP contribution < -0.4 is 16.0 Å². The molecule has 2 aromatic carbocycles. The largest absolute Gasteiger partial charge is 0.417 e. The van der Waals surface area contributed by atoms with E-state index >= 15 is 0 Å². The summed E-state index contributed by atoms with van der Waals surface area (Å²) < 4.78 is 41.2. The summed E-state index contributed by atoms with van der Waals surface area (Å²) in [6.07, 6.45) is -3.59. The van der Waals surface area contributed by atoms with E-state index in [9.17, 15) is 32.3 Å². The zero-order valence-corrected chi connectivity index (χ0v) is 20.1. The molecule has 1 unspecified atom stereocenters. The number of nitrogens with zero attached hydrogens (tertiary/aromatic N) is 1. The van der Waals surface area contributed by atoms with E-state index < -0.39 is 47.2 Å². The molecule has 198 valence electrons. The van der Waals surface area contributed by atoms with Crippen molar-refractivity contribution in [1.82, 2.24) is 20.9 Å². The van der Waals surface area contributed by atoms with Crippen LogP contribution >= 0.6 is 0 Å². The minimum Gasteiger partial charge on any atom is -0.356 e. The number of halogens is 3. The third-order valence-corrected chi connectivity index (χ3v) is 6.35. The third-order valence-electron chi connectivity index (χ3n) is 6.35. The van der Waals surface area contributed by atoms with Crippen LogP contribution in [-0.4, -0.2) is 47.6 Å². The standard InChI is InChI=1S/C27H25F3N4O4/c28-27(29,30)20-14-23(33-21-9-5-4-8-19(20)21)26(38)34-22(12-16-6-2-1-3-7-16)25(37)32-18(15-35)13-17-10-11-31-24(17)36/h1-9,14-15,17-18,22H,10-13H2,(H,31,36)(H,32,37)(H,34,38)/t17?,18-,22-/m0/s1. The van der Waals surface area contributed by atoms with Gasteiger partial charge in [0.25, 0.3) is 5.91 Å². The van der Waals surface area contributed by atoms with Gasteiger partial charge >= 0.3 is 6.18 Å². The van der Waals surface area contributed by atoms with E-state index in [4.69, 9.17) is 0 Å². The number of pyridine rings is 1. The Hall–Kier alpha value is -4.28. The van der Waals surface area contributed by atoms with E-state index in [0.717, 1.165) is 0 Å². The Bertz CT molecular complexity index is 1350. The molecule has 1 saturated heterocycles. The molecule has 11 heteroatoms. The first-order chi connectivity index (χ1) is 18.2. The van der Waals surface area contributed by atoms with Crippen molar-refractivity contribution in [1.29, 1.82) is 0 Å². The molecule has 3 atom stereocenters. The van der Waals surface area contributed by atoms with E-state index in [0.29, 0.717) is 30.9 Å². The van der Waals surface area contributed by atoms with Crippen LogP contribution in [0, 0.1) is 5.92 Å². The van der Waals surface area contributed by atoms with Crippen molar-refractivity contribution in [3.8, 4) is 0 Å². The second kappa shape index (κ2) is 11.4. The minimum absolute atomic E-state index is 0.00755. The predicted molar refractivity (Wildman–Crippen MR) is 132 cm³/mol. The van der Waals surface area contributed by atoms with Crippen LogP contribution in [0.25, 0.3) is 10.9 Å². The molecule has 2 heterocycles. The van der Waals surface area contributed by atoms with Gasteiger partial charge in [-0.25, -0.2) is 4.98 Å². The Balaban J connectivity index is 1.58. The number of fused-ring (bicyclic) bond motifs is 1. The molecule has 4 rings (SSSR count). The predicted octanol–water partition coefficient (Wildman–Crippen LogP) is 2.80. The highest BCUT2D eigenvalue weighted by Gasteiger charge is 2.35. The molecular weight excluding hydrogens is 501 g/mol. The van der Waals surface area contributed by atoms with E-state index in [2.05, 4.69) is 20.9 Å². The summed E-state index contributed by atoms with van der Waals surface area (Å²) >= 11 is 0. The average Bonchev–Trinajstić information content (AvgIpc) is 3.31. The normalized spacial score (nSPS) is 16.9. The van der Waals surface area contributed by atoms with Crippen molar-refractivity contribution in [2.45, 2.75) is 37.5 Å². The maximum Gasteiger partial charge on any atom is 0.417 e. The number of hydrogen-bond donors (Lipinski definition) is 3. The summed E-state index contributed by atoms with van der Waals surface area (Å²) in [6.45, 7) is 0.481. The van der Waals surface area contributed by atoms with Crippen LogP contribution in [0.3, 0.4) is 0 Å². The van der Waals surface area contributed by atoms with Crippen LogP contribution in [-0.2, 0) is 27.0 Å². The summed E-state index contributed by atoms with van der Waals surface area (Å²) in [5, 5.41) is 7.55. The fourth-order valence-corrected chi connectivity index (χ4v) is 4.43. The fourth-order valence-electron chi connectivity index (χ4n) is 4.43. The third kappa shape index (κ3) is 6.34. The minimum atomic E-state index is -4.73. The first kappa shape index (κ1) is 26.8. The molecule has 0 spiro atoms. The summed E-state index contributed by atoms with van der Waals surface area (Å²) in [5.74, 6) is -2.33. The van der Waals surface area contributed by atoms with Gasteiger partial charge in [-0.15, -0.1) is 0 Å². The van der Waals surface area contributed by atoms with Gasteiger partial charge in [0.2, 0.25) is 11.8 Å². The SMILES string of the molecule is O=C[C@H](CC1CCNC1=O)NC(=O)[C@H](Cc1ccccc1)NC(=O)c1cc(C(F)(F)F)c2ccccc2n1. The molecule has 8 nitrogen and oxygen atoms in total. The molecule has 0 saturated carbocycles. The monoisotopic (exact) mass is 526 g/mol. The molecule has 1 aromatic heterocycles. The second-order valence-corrected chi connectivity index (χ2v) is 9.05. The number of rotatable bonds is 9. The highest BCUT2D eigenvalue weighted by atomic mass is 19.4. The van der Waals surface area contributed by atoms with Gasteiger partial charge in [-0.2, -0.15) is 13.2 Å². The zero-order valence-electron chi connectivity index (χ0n) is 20.1. The number of para-hydroxylation sites is 1. The van der Waals surface area contributed by atoms with Crippen molar-refractivity contribution in [2.24, 2.45) is 5.92 Å². The number of carbonyl (C=O) groups excluding carboxylic acids is 4. The Labute approximate surface area is 216 Å². The van der Waals surface area contributed by atoms with Gasteiger partial charge in [0.1, 0.15) is 18.0 Å². The van der Waals surface area contributed by atoms with Gasteiger partial charge < -0.3 is 20.7 Å². The topological polar surface area (TPSA) is 117 Å². The number of nitrogens with one attached hydrogen (secondary N) is 3. The van der Waals surface area contributed by atoms with Crippen molar-refractivity contribution >= 4 is 34.9 Å². The van der Waals surface area contributed by atoms with Crippen LogP contribution in [0.5, 0.6) is 0 Å². The van der Waals surface area contributed by atoms with E-state index in [1.165, 1.54) is 24.3 Å². The number of benzene rings is 2. The lowest BCUT2D eigenvalue weighted by Gasteiger charge is -2.22. The fraction of sp³-hybridized carbons (Fsp3) is 0.296. The smallest absolute Gasteiger partial charge is 0.356 e. The number of aldehydes is 1. The number of aromatic nitrogens is 1. The van der Waals surface area contributed by atoms with Gasteiger partial charge in [-0.1, -0.05) is 48.5 Å². The molecule has 0 radical (unpaired) electrons. The quantitative estimate of drug-likeness (QED) is 0.371. The highest BCUT2D eigenvalue weighted by molar-refractivity contribution is 5.99. The maximum absolute atomic E-state index is 13.7. The van der Waals surface area contributed by atoms with Crippen molar-refractivity contribution < 1.29 is 32.3 Å². The van der Waals surface area contributed by atoms with Crippen LogP contribution in [0.4, 0.5) is 13.2 Å². The Morgan fingerprint density at radius 1 is 1.08 bits per heavy atom. The summed E-state index contributed by atoms with van der Waals surface area (Å²) in [5.41, 5.74) is -0.870. The van der Waals surface area contributed by atoms with Gasteiger partial charge in [0.15, 0.2) is 0 Å². The van der Waals surface area contributed by atoms with Crippen molar-refractivity contribution in [3.63, 3.8) is 0 Å². The molecule has 3 aromatic rings. The Morgan fingerprint density at radius 3 is 2.45 bits per heavy atom. The number of alkyl halides is 3. The Morgan fingerprint density at radius 2 is 1.79 bits per heavy atom. The molecule has 38 heavy (non-hydrogen) atoms. The molecule has 1 aliphatic rings. The maximum atomic E-state index is 13.7. The first-order valence-corrected chi connectivity index (χ1v) is 12.0. The van der Waals surface area contributed by atoms with Crippen molar-refractivity contribution in [2.75, 3.05) is 6.54 Å². The van der Waals surface area contributed by atoms with Gasteiger partial charge in [-0.3, -0.25) is 14.4 Å². The summed E-state index contributed by atoms with van der Waals surface area (Å²) in [4.78, 5) is 53.9. The molecule has 0 bridgehead atoms. The molecule has 1 aliphatic heterocycles. The van der Waals surface area contributed by atoms with E-state index in [-0.39, 0.29) is 29.7 Å². The number of hydrogen-bond acceptors (Lipinski definition) is 5. The molecule has 3 amide bonds. The number of carbonyl (C=O) groups is 4. The van der Waals surface area contributed by atoms with Crippen LogP contribution in [0.2, 0.25) is 0 Å². The lowest BCUT2D eigenvalue weighted by atomic mass is 9.98.